The first-order chi connectivity index (χ1) is 13.0. The van der Waals surface area contributed by atoms with Gasteiger partial charge in [0.2, 0.25) is 5.91 Å². The zero-order valence-corrected chi connectivity index (χ0v) is 15.5. The number of carbonyl (C=O) groups is 2. The van der Waals surface area contributed by atoms with Crippen molar-refractivity contribution in [3.8, 4) is 5.75 Å². The predicted molar refractivity (Wildman–Crippen MR) is 98.4 cm³/mol. The number of amides is 2. The van der Waals surface area contributed by atoms with Gasteiger partial charge in [0.15, 0.2) is 11.6 Å². The third kappa shape index (κ3) is 5.32. The molecular formula is C19H26FN3O4. The van der Waals surface area contributed by atoms with E-state index in [-0.39, 0.29) is 24.7 Å². The summed E-state index contributed by atoms with van der Waals surface area (Å²) >= 11 is 0. The van der Waals surface area contributed by atoms with Crippen LogP contribution in [0.1, 0.15) is 26.2 Å². The molecule has 2 saturated heterocycles. The number of ether oxygens (including phenoxy) is 2. The number of anilines is 1. The number of hydrogen-bond acceptors (Lipinski definition) is 5. The molecule has 148 valence electrons. The largest absolute Gasteiger partial charge is 0.491 e. The Balaban J connectivity index is 1.52. The van der Waals surface area contributed by atoms with Crippen LogP contribution in [0.2, 0.25) is 0 Å². The summed E-state index contributed by atoms with van der Waals surface area (Å²) in [6, 6.07) is 4.47. The molecule has 8 heteroatoms. The van der Waals surface area contributed by atoms with E-state index in [0.717, 1.165) is 32.4 Å². The van der Waals surface area contributed by atoms with Crippen molar-refractivity contribution in [1.29, 1.82) is 0 Å². The van der Waals surface area contributed by atoms with E-state index in [0.29, 0.717) is 18.2 Å². The second-order valence-electron chi connectivity index (χ2n) is 7.00. The van der Waals surface area contributed by atoms with E-state index in [1.165, 1.54) is 17.9 Å². The van der Waals surface area contributed by atoms with Gasteiger partial charge in [0.25, 0.3) is 0 Å². The molecule has 1 atom stereocenters. The van der Waals surface area contributed by atoms with Gasteiger partial charge in [-0.15, -0.1) is 0 Å². The first-order valence-corrected chi connectivity index (χ1v) is 9.38. The van der Waals surface area contributed by atoms with Crippen LogP contribution in [0, 0.1) is 11.7 Å². The lowest BCUT2D eigenvalue weighted by Crippen LogP contribution is -2.33. The molecule has 0 radical (unpaired) electrons. The highest BCUT2D eigenvalue weighted by Gasteiger charge is 2.32. The first-order valence-electron chi connectivity index (χ1n) is 9.38. The van der Waals surface area contributed by atoms with Gasteiger partial charge >= 0.3 is 6.09 Å². The Hall–Kier alpha value is -2.35. The SMILES string of the molecule is CC(=O)NC[C@H]1CN(c2ccc(OCCC3CCNCC3)c(F)c2)C(=O)O1. The van der Waals surface area contributed by atoms with Gasteiger partial charge in [0.05, 0.1) is 25.4 Å². The van der Waals surface area contributed by atoms with Crippen molar-refractivity contribution in [2.45, 2.75) is 32.3 Å². The Morgan fingerprint density at radius 2 is 2.19 bits per heavy atom. The minimum atomic E-state index is -0.552. The fourth-order valence-corrected chi connectivity index (χ4v) is 3.38. The van der Waals surface area contributed by atoms with E-state index in [2.05, 4.69) is 10.6 Å². The lowest BCUT2D eigenvalue weighted by Gasteiger charge is -2.22. The molecular weight excluding hydrogens is 353 g/mol. The molecule has 0 saturated carbocycles. The first kappa shape index (κ1) is 19.4. The Bertz CT molecular complexity index is 679. The minimum Gasteiger partial charge on any atom is -0.491 e. The summed E-state index contributed by atoms with van der Waals surface area (Å²) in [7, 11) is 0. The van der Waals surface area contributed by atoms with Crippen molar-refractivity contribution in [3.63, 3.8) is 0 Å². The highest BCUT2D eigenvalue weighted by Crippen LogP contribution is 2.27. The summed E-state index contributed by atoms with van der Waals surface area (Å²) < 4.78 is 25.2. The molecule has 2 aliphatic rings. The van der Waals surface area contributed by atoms with Crippen LogP contribution in [0.25, 0.3) is 0 Å². The molecule has 3 rings (SSSR count). The number of hydrogen-bond donors (Lipinski definition) is 2. The van der Waals surface area contributed by atoms with Crippen LogP contribution in [0.15, 0.2) is 18.2 Å². The number of nitrogens with one attached hydrogen (secondary N) is 2. The molecule has 0 spiro atoms. The quantitative estimate of drug-likeness (QED) is 0.758. The van der Waals surface area contributed by atoms with Crippen LogP contribution < -0.4 is 20.3 Å². The molecule has 2 N–H and O–H groups in total. The Labute approximate surface area is 158 Å². The summed E-state index contributed by atoms with van der Waals surface area (Å²) in [5, 5.41) is 5.93. The van der Waals surface area contributed by atoms with E-state index in [4.69, 9.17) is 9.47 Å². The summed E-state index contributed by atoms with van der Waals surface area (Å²) in [4.78, 5) is 24.3. The molecule has 0 unspecified atom stereocenters. The summed E-state index contributed by atoms with van der Waals surface area (Å²) in [5.74, 6) is 0.112. The zero-order chi connectivity index (χ0) is 19.2. The Kier molecular flexibility index (Phi) is 6.49. The zero-order valence-electron chi connectivity index (χ0n) is 15.5. The van der Waals surface area contributed by atoms with Crippen molar-refractivity contribution in [3.05, 3.63) is 24.0 Å². The molecule has 1 aromatic rings. The van der Waals surface area contributed by atoms with Crippen molar-refractivity contribution in [2.75, 3.05) is 37.7 Å². The lowest BCUT2D eigenvalue weighted by molar-refractivity contribution is -0.119. The van der Waals surface area contributed by atoms with Gasteiger partial charge in [-0.2, -0.15) is 0 Å². The van der Waals surface area contributed by atoms with Crippen molar-refractivity contribution >= 4 is 17.7 Å². The molecule has 0 aliphatic carbocycles. The summed E-state index contributed by atoms with van der Waals surface area (Å²) in [6.07, 6.45) is 2.16. The van der Waals surface area contributed by atoms with Gasteiger partial charge in [-0.25, -0.2) is 9.18 Å². The van der Waals surface area contributed by atoms with Crippen molar-refractivity contribution < 1.29 is 23.5 Å². The Morgan fingerprint density at radius 3 is 2.89 bits per heavy atom. The third-order valence-corrected chi connectivity index (χ3v) is 4.92. The molecule has 0 bridgehead atoms. The smallest absolute Gasteiger partial charge is 0.414 e. The van der Waals surface area contributed by atoms with Gasteiger partial charge in [0.1, 0.15) is 6.10 Å². The van der Waals surface area contributed by atoms with Crippen LogP contribution in [0.3, 0.4) is 0 Å². The van der Waals surface area contributed by atoms with E-state index in [1.54, 1.807) is 12.1 Å². The maximum absolute atomic E-state index is 14.4. The number of benzene rings is 1. The number of rotatable bonds is 7. The van der Waals surface area contributed by atoms with Gasteiger partial charge in [-0.05, 0) is 50.4 Å². The van der Waals surface area contributed by atoms with Crippen molar-refractivity contribution in [1.82, 2.24) is 10.6 Å². The molecule has 27 heavy (non-hydrogen) atoms. The lowest BCUT2D eigenvalue weighted by atomic mass is 9.95. The summed E-state index contributed by atoms with van der Waals surface area (Å²) in [6.45, 7) is 4.43. The number of halogens is 1. The fraction of sp³-hybridized carbons (Fsp3) is 0.579. The molecule has 7 nitrogen and oxygen atoms in total. The summed E-state index contributed by atoms with van der Waals surface area (Å²) in [5.41, 5.74) is 0.411. The highest BCUT2D eigenvalue weighted by atomic mass is 19.1. The number of nitrogens with zero attached hydrogens (tertiary/aromatic N) is 1. The van der Waals surface area contributed by atoms with Crippen LogP contribution in [0.4, 0.5) is 14.9 Å². The second-order valence-corrected chi connectivity index (χ2v) is 7.00. The third-order valence-electron chi connectivity index (χ3n) is 4.92. The Morgan fingerprint density at radius 1 is 1.41 bits per heavy atom. The van der Waals surface area contributed by atoms with Crippen LogP contribution in [-0.2, 0) is 9.53 Å². The maximum Gasteiger partial charge on any atom is 0.414 e. The molecule has 2 heterocycles. The second kappa shape index (κ2) is 9.03. The normalized spacial score (nSPS) is 20.4. The van der Waals surface area contributed by atoms with Crippen LogP contribution in [0.5, 0.6) is 5.75 Å². The molecule has 2 aliphatic heterocycles. The fourth-order valence-electron chi connectivity index (χ4n) is 3.38. The number of cyclic esters (lactones) is 1. The number of piperidine rings is 1. The average Bonchev–Trinajstić information content (AvgIpc) is 3.03. The van der Waals surface area contributed by atoms with E-state index in [9.17, 15) is 14.0 Å². The van der Waals surface area contributed by atoms with Gasteiger partial charge in [-0.3, -0.25) is 9.69 Å². The molecule has 0 aromatic heterocycles. The predicted octanol–water partition coefficient (Wildman–Crippen LogP) is 2.06. The maximum atomic E-state index is 14.4. The van der Waals surface area contributed by atoms with Crippen molar-refractivity contribution in [2.24, 2.45) is 5.92 Å². The van der Waals surface area contributed by atoms with Crippen LogP contribution >= 0.6 is 0 Å². The van der Waals surface area contributed by atoms with Gasteiger partial charge in [0, 0.05) is 13.0 Å². The minimum absolute atomic E-state index is 0.190. The standard InChI is InChI=1S/C19H26FN3O4/c1-13(24)22-11-16-12-23(19(25)27-16)15-2-3-18(17(20)10-15)26-9-6-14-4-7-21-8-5-14/h2-3,10,14,16,21H,4-9,11-12H2,1H3,(H,22,24)/t16-/m0/s1. The monoisotopic (exact) mass is 379 g/mol. The molecule has 1 aromatic carbocycles. The topological polar surface area (TPSA) is 79.9 Å². The number of carbonyl (C=O) groups excluding carboxylic acids is 2. The molecule has 2 fully saturated rings. The van der Waals surface area contributed by atoms with E-state index >= 15 is 0 Å². The van der Waals surface area contributed by atoms with E-state index < -0.39 is 18.0 Å². The highest BCUT2D eigenvalue weighted by molar-refractivity contribution is 5.89. The molecule has 2 amide bonds. The van der Waals surface area contributed by atoms with E-state index in [1.807, 2.05) is 0 Å². The van der Waals surface area contributed by atoms with Gasteiger partial charge in [-0.1, -0.05) is 0 Å². The van der Waals surface area contributed by atoms with Gasteiger partial charge < -0.3 is 20.1 Å². The average molecular weight is 379 g/mol. The van der Waals surface area contributed by atoms with Crippen LogP contribution in [-0.4, -0.2) is 50.9 Å².